The van der Waals surface area contributed by atoms with Crippen molar-refractivity contribution >= 4 is 17.3 Å². The van der Waals surface area contributed by atoms with Crippen LogP contribution in [0.4, 0.5) is 0 Å². The second-order valence-corrected chi connectivity index (χ2v) is 3.83. The van der Waals surface area contributed by atoms with Crippen molar-refractivity contribution in [3.8, 4) is 0 Å². The molecular weight excluding hydrogens is 192 g/mol. The maximum atomic E-state index is 11.6. The Hall–Kier alpha value is -1.84. The van der Waals surface area contributed by atoms with Gasteiger partial charge in [-0.3, -0.25) is 4.57 Å². The number of hydrogen-bond acceptors (Lipinski definition) is 2. The summed E-state index contributed by atoms with van der Waals surface area (Å²) in [6.07, 6.45) is 2.08. The van der Waals surface area contributed by atoms with E-state index in [1.54, 1.807) is 4.57 Å². The summed E-state index contributed by atoms with van der Waals surface area (Å²) >= 11 is 0. The molecule has 0 amide bonds. The second-order valence-electron chi connectivity index (χ2n) is 3.83. The minimum absolute atomic E-state index is 0.273. The maximum Gasteiger partial charge on any atom is 0.420 e. The zero-order valence-electron chi connectivity index (χ0n) is 8.38. The standard InChI is InChI=1S/C11H11N2O2/c1-12-6-8(12)7-13-9-4-2-3-5-10(9)15-11(13)14/h2-6,8H,7H2,1H3/q+1. The van der Waals surface area contributed by atoms with Gasteiger partial charge >= 0.3 is 5.76 Å². The van der Waals surface area contributed by atoms with Crippen LogP contribution in [0.1, 0.15) is 0 Å². The molecule has 0 bridgehead atoms. The van der Waals surface area contributed by atoms with Gasteiger partial charge in [-0.25, -0.2) is 9.37 Å². The summed E-state index contributed by atoms with van der Waals surface area (Å²) in [5, 5.41) is 0. The van der Waals surface area contributed by atoms with Gasteiger partial charge < -0.3 is 4.42 Å². The second kappa shape index (κ2) is 2.82. The molecule has 0 spiro atoms. The average Bonchev–Trinajstić information content (AvgIpc) is 2.82. The molecule has 0 radical (unpaired) electrons. The molecule has 2 aromatic rings. The monoisotopic (exact) mass is 203 g/mol. The van der Waals surface area contributed by atoms with Gasteiger partial charge in [0.25, 0.3) is 0 Å². The van der Waals surface area contributed by atoms with Gasteiger partial charge in [0, 0.05) is 0 Å². The third kappa shape index (κ3) is 1.29. The molecule has 0 saturated carbocycles. The number of hydrogen-bond donors (Lipinski definition) is 0. The molecule has 15 heavy (non-hydrogen) atoms. The number of nitrogens with zero attached hydrogens (tertiary/aromatic N) is 2. The highest BCUT2D eigenvalue weighted by atomic mass is 16.4. The molecule has 3 rings (SSSR count). The van der Waals surface area contributed by atoms with E-state index in [0.29, 0.717) is 18.2 Å². The van der Waals surface area contributed by atoms with Crippen LogP contribution in [0.25, 0.3) is 11.1 Å². The van der Waals surface area contributed by atoms with E-state index in [2.05, 4.69) is 10.8 Å². The first-order valence-corrected chi connectivity index (χ1v) is 4.91. The first kappa shape index (κ1) is 8.47. The van der Waals surface area contributed by atoms with Crippen LogP contribution in [0.15, 0.2) is 33.5 Å². The highest BCUT2D eigenvalue weighted by Gasteiger charge is 2.32. The number of rotatable bonds is 2. The Balaban J connectivity index is 2.08. The van der Waals surface area contributed by atoms with Crippen LogP contribution < -0.4 is 5.76 Å². The molecule has 1 aliphatic rings. The van der Waals surface area contributed by atoms with Crippen LogP contribution in [-0.4, -0.2) is 28.4 Å². The third-order valence-electron chi connectivity index (χ3n) is 2.78. The summed E-state index contributed by atoms with van der Waals surface area (Å²) in [6.45, 7) is 0.673. The van der Waals surface area contributed by atoms with Gasteiger partial charge in [-0.05, 0) is 12.1 Å². The SMILES string of the molecule is C[N+]1=CC1Cn1c(=O)oc2ccccc21. The van der Waals surface area contributed by atoms with Crippen LogP contribution in [0.2, 0.25) is 0 Å². The third-order valence-corrected chi connectivity index (χ3v) is 2.78. The number of oxazole rings is 1. The van der Waals surface area contributed by atoms with Crippen molar-refractivity contribution < 1.29 is 8.99 Å². The highest BCUT2D eigenvalue weighted by molar-refractivity contribution is 5.73. The van der Waals surface area contributed by atoms with E-state index >= 15 is 0 Å². The molecule has 1 aromatic heterocycles. The highest BCUT2D eigenvalue weighted by Crippen LogP contribution is 2.13. The van der Waals surface area contributed by atoms with E-state index in [1.807, 2.05) is 31.3 Å². The predicted molar refractivity (Wildman–Crippen MR) is 56.5 cm³/mol. The van der Waals surface area contributed by atoms with Gasteiger partial charge in [-0.1, -0.05) is 12.1 Å². The number of likely N-dealkylation sites (N-methyl/N-ethyl adjacent to an activating group) is 1. The Morgan fingerprint density at radius 3 is 2.93 bits per heavy atom. The molecule has 0 N–H and O–H groups in total. The Kier molecular flexibility index (Phi) is 1.59. The van der Waals surface area contributed by atoms with Gasteiger partial charge in [-0.15, -0.1) is 0 Å². The zero-order chi connectivity index (χ0) is 10.4. The number of para-hydroxylation sites is 2. The molecule has 1 atom stereocenters. The van der Waals surface area contributed by atoms with Crippen LogP contribution in [0, 0.1) is 0 Å². The van der Waals surface area contributed by atoms with Gasteiger partial charge in [0.2, 0.25) is 12.3 Å². The Morgan fingerprint density at radius 2 is 2.20 bits per heavy atom. The molecule has 2 heterocycles. The molecule has 1 aliphatic heterocycles. The van der Waals surface area contributed by atoms with Crippen molar-refractivity contribution in [1.82, 2.24) is 4.57 Å². The minimum atomic E-state index is -0.273. The summed E-state index contributed by atoms with van der Waals surface area (Å²) in [6, 6.07) is 7.86. The minimum Gasteiger partial charge on any atom is -0.408 e. The van der Waals surface area contributed by atoms with E-state index in [1.165, 1.54) is 0 Å². The van der Waals surface area contributed by atoms with Crippen molar-refractivity contribution in [1.29, 1.82) is 0 Å². The Labute approximate surface area is 86.1 Å². The fraction of sp³-hybridized carbons (Fsp3) is 0.273. The van der Waals surface area contributed by atoms with Gasteiger partial charge in [0.1, 0.15) is 13.6 Å². The molecular formula is C11H11N2O2+. The van der Waals surface area contributed by atoms with Gasteiger partial charge in [-0.2, -0.15) is 0 Å². The average molecular weight is 203 g/mol. The molecule has 0 fully saturated rings. The van der Waals surface area contributed by atoms with E-state index in [0.717, 1.165) is 5.52 Å². The van der Waals surface area contributed by atoms with E-state index in [9.17, 15) is 4.79 Å². The lowest BCUT2D eigenvalue weighted by atomic mass is 10.3. The maximum absolute atomic E-state index is 11.6. The number of fused-ring (bicyclic) bond motifs is 1. The van der Waals surface area contributed by atoms with Gasteiger partial charge in [0.05, 0.1) is 5.52 Å². The lowest BCUT2D eigenvalue weighted by Gasteiger charge is -1.95. The first-order valence-electron chi connectivity index (χ1n) is 4.91. The molecule has 0 aliphatic carbocycles. The first-order chi connectivity index (χ1) is 7.25. The normalized spacial score (nSPS) is 19.3. The van der Waals surface area contributed by atoms with Crippen LogP contribution in [-0.2, 0) is 6.54 Å². The Morgan fingerprint density at radius 1 is 1.47 bits per heavy atom. The Bertz CT molecular complexity index is 606. The molecule has 1 aromatic carbocycles. The van der Waals surface area contributed by atoms with Crippen molar-refractivity contribution in [2.24, 2.45) is 0 Å². The summed E-state index contributed by atoms with van der Waals surface area (Å²) in [5.74, 6) is -0.273. The fourth-order valence-corrected chi connectivity index (χ4v) is 1.78. The zero-order valence-corrected chi connectivity index (χ0v) is 8.38. The van der Waals surface area contributed by atoms with E-state index in [-0.39, 0.29) is 5.76 Å². The summed E-state index contributed by atoms with van der Waals surface area (Å²) in [7, 11) is 2.00. The molecule has 1 unspecified atom stereocenters. The van der Waals surface area contributed by atoms with Crippen molar-refractivity contribution in [3.05, 3.63) is 34.8 Å². The smallest absolute Gasteiger partial charge is 0.408 e. The largest absolute Gasteiger partial charge is 0.420 e. The molecule has 76 valence electrons. The van der Waals surface area contributed by atoms with Crippen molar-refractivity contribution in [3.63, 3.8) is 0 Å². The number of aromatic nitrogens is 1. The summed E-state index contributed by atoms with van der Waals surface area (Å²) in [5.41, 5.74) is 1.53. The van der Waals surface area contributed by atoms with Crippen molar-refractivity contribution in [2.45, 2.75) is 12.6 Å². The quantitative estimate of drug-likeness (QED) is 0.673. The van der Waals surface area contributed by atoms with E-state index in [4.69, 9.17) is 4.42 Å². The van der Waals surface area contributed by atoms with Gasteiger partial charge in [0.15, 0.2) is 5.58 Å². The molecule has 4 nitrogen and oxygen atoms in total. The summed E-state index contributed by atoms with van der Waals surface area (Å²) in [4.78, 5) is 11.6. The van der Waals surface area contributed by atoms with Crippen LogP contribution in [0.5, 0.6) is 0 Å². The van der Waals surface area contributed by atoms with E-state index < -0.39 is 0 Å². The fourth-order valence-electron chi connectivity index (χ4n) is 1.78. The van der Waals surface area contributed by atoms with Crippen molar-refractivity contribution in [2.75, 3.05) is 7.05 Å². The molecule has 4 heteroatoms. The number of benzene rings is 1. The van der Waals surface area contributed by atoms with Crippen LogP contribution >= 0.6 is 0 Å². The lowest BCUT2D eigenvalue weighted by Crippen LogP contribution is -2.19. The lowest BCUT2D eigenvalue weighted by molar-refractivity contribution is -0.438. The molecule has 0 saturated heterocycles. The predicted octanol–water partition coefficient (Wildman–Crippen LogP) is 0.690. The topological polar surface area (TPSA) is 38.1 Å². The van der Waals surface area contributed by atoms with Crippen LogP contribution in [0.3, 0.4) is 0 Å². The summed E-state index contributed by atoms with van der Waals surface area (Å²) < 4.78 is 8.90.